The molecule has 0 saturated carbocycles. The fraction of sp³-hybridized carbons (Fsp3) is 0.641. The van der Waals surface area contributed by atoms with Crippen molar-refractivity contribution < 1.29 is 32.9 Å². The molecule has 0 spiro atoms. The Bertz CT molecular complexity index is 1640. The number of hydrogen-bond donors (Lipinski definition) is 2. The van der Waals surface area contributed by atoms with E-state index in [9.17, 15) is 19.4 Å². The van der Waals surface area contributed by atoms with Gasteiger partial charge in [0, 0.05) is 6.42 Å². The van der Waals surface area contributed by atoms with Crippen LogP contribution >= 0.6 is 7.82 Å². The number of hydrogen-bond acceptors (Lipinski definition) is 6. The third-order valence-corrected chi connectivity index (χ3v) is 13.1. The average Bonchev–Trinajstić information content (AvgIpc) is 3.35. The van der Waals surface area contributed by atoms with Crippen LogP contribution in [0.3, 0.4) is 0 Å². The van der Waals surface area contributed by atoms with Crippen molar-refractivity contribution >= 4 is 13.7 Å². The molecule has 416 valence electrons. The van der Waals surface area contributed by atoms with Crippen LogP contribution in [0.4, 0.5) is 0 Å². The van der Waals surface area contributed by atoms with Crippen LogP contribution in [0.5, 0.6) is 0 Å². The molecule has 3 atom stereocenters. The lowest BCUT2D eigenvalue weighted by molar-refractivity contribution is -0.870. The third kappa shape index (κ3) is 56.2. The Labute approximate surface area is 449 Å². The van der Waals surface area contributed by atoms with Gasteiger partial charge in [-0.3, -0.25) is 9.36 Å². The van der Waals surface area contributed by atoms with Crippen LogP contribution in [0.2, 0.25) is 0 Å². The largest absolute Gasteiger partial charge is 0.756 e. The molecular weight excluding hydrogens is 924 g/mol. The summed E-state index contributed by atoms with van der Waals surface area (Å²) in [6.45, 7) is 4.47. The number of nitrogens with zero attached hydrogens (tertiary/aromatic N) is 1. The summed E-state index contributed by atoms with van der Waals surface area (Å²) in [5, 5.41) is 13.8. The fourth-order valence-electron chi connectivity index (χ4n) is 7.57. The number of carbonyl (C=O) groups is 1. The van der Waals surface area contributed by atoms with E-state index in [1.165, 1.54) is 89.9 Å². The smallest absolute Gasteiger partial charge is 0.268 e. The van der Waals surface area contributed by atoms with Gasteiger partial charge in [-0.2, -0.15) is 0 Å². The van der Waals surface area contributed by atoms with E-state index in [4.69, 9.17) is 9.05 Å². The molecule has 0 rings (SSSR count). The van der Waals surface area contributed by atoms with Crippen molar-refractivity contribution in [1.29, 1.82) is 0 Å². The van der Waals surface area contributed by atoms with E-state index in [0.29, 0.717) is 17.4 Å². The molecular formula is C64H109N2O6P. The topological polar surface area (TPSA) is 108 Å². The first kappa shape index (κ1) is 69.6. The van der Waals surface area contributed by atoms with Crippen molar-refractivity contribution in [1.82, 2.24) is 5.32 Å². The molecule has 0 aromatic rings. The Hall–Kier alpha value is -3.36. The van der Waals surface area contributed by atoms with E-state index >= 15 is 0 Å². The number of phosphoric ester groups is 1. The highest BCUT2D eigenvalue weighted by Gasteiger charge is 2.23. The Balaban J connectivity index is 4.09. The van der Waals surface area contributed by atoms with Gasteiger partial charge in [0.1, 0.15) is 13.2 Å². The Morgan fingerprint density at radius 2 is 0.849 bits per heavy atom. The molecule has 3 unspecified atom stereocenters. The van der Waals surface area contributed by atoms with Gasteiger partial charge in [0.15, 0.2) is 0 Å². The molecule has 9 heteroatoms. The molecule has 2 N–H and O–H groups in total. The minimum absolute atomic E-state index is 0.0130. The van der Waals surface area contributed by atoms with E-state index < -0.39 is 26.6 Å². The van der Waals surface area contributed by atoms with Crippen LogP contribution in [0, 0.1) is 0 Å². The van der Waals surface area contributed by atoms with Crippen LogP contribution in [0.1, 0.15) is 213 Å². The number of phosphoric acid groups is 1. The van der Waals surface area contributed by atoms with Crippen molar-refractivity contribution in [2.24, 2.45) is 0 Å². The Kier molecular flexibility index (Phi) is 51.0. The minimum atomic E-state index is -4.61. The van der Waals surface area contributed by atoms with Gasteiger partial charge in [0.2, 0.25) is 5.91 Å². The third-order valence-electron chi connectivity index (χ3n) is 12.1. The summed E-state index contributed by atoms with van der Waals surface area (Å²) in [6.07, 6.45) is 81.1. The number of rotatable bonds is 51. The number of quaternary nitrogens is 1. The van der Waals surface area contributed by atoms with Gasteiger partial charge < -0.3 is 28.8 Å². The highest BCUT2D eigenvalue weighted by molar-refractivity contribution is 7.45. The second-order valence-corrected chi connectivity index (χ2v) is 21.7. The summed E-state index contributed by atoms with van der Waals surface area (Å²) in [6, 6.07) is -0.912. The zero-order valence-electron chi connectivity index (χ0n) is 47.3. The highest BCUT2D eigenvalue weighted by Crippen LogP contribution is 2.38. The van der Waals surface area contributed by atoms with E-state index in [1.807, 2.05) is 27.2 Å². The maximum atomic E-state index is 12.9. The van der Waals surface area contributed by atoms with E-state index in [1.54, 1.807) is 6.08 Å². The molecule has 0 radical (unpaired) electrons. The second-order valence-electron chi connectivity index (χ2n) is 20.3. The standard InChI is InChI=1S/C64H109N2O6P/c1-6-8-10-12-14-16-18-20-21-22-23-24-25-26-27-28-29-30-31-32-33-34-35-36-37-38-39-40-41-42-43-44-45-46-48-50-52-54-56-58-64(68)65-62(61-72-73(69,70)71-60-59-66(3,4)5)63(67)57-55-53-51-49-47-19-17-15-13-11-9-7-2/h8,10,14,16,20-21,23-24,26-27,29-30,32-33,35-36,38-39,47,49,55,57,62-63,67H,6-7,9,11-13,15,17-19,22,25,28,31,34,37,40-46,48,50-54,56,58-61H2,1-5H3,(H-,65,68,69,70)/b10-8-,16-14-,21-20-,24-23-,27-26-,30-29-,33-32-,36-35-,39-38-,49-47+,57-55+. The predicted octanol–water partition coefficient (Wildman–Crippen LogP) is 17.3. The van der Waals surface area contributed by atoms with Gasteiger partial charge in [-0.15, -0.1) is 0 Å². The minimum Gasteiger partial charge on any atom is -0.756 e. The van der Waals surface area contributed by atoms with Crippen molar-refractivity contribution in [2.75, 3.05) is 40.9 Å². The van der Waals surface area contributed by atoms with E-state index in [-0.39, 0.29) is 12.5 Å². The van der Waals surface area contributed by atoms with Gasteiger partial charge in [-0.1, -0.05) is 237 Å². The maximum Gasteiger partial charge on any atom is 0.268 e. The summed E-state index contributed by atoms with van der Waals surface area (Å²) in [7, 11) is 1.22. The van der Waals surface area contributed by atoms with Crippen molar-refractivity contribution in [3.63, 3.8) is 0 Å². The summed E-state index contributed by atoms with van der Waals surface area (Å²) in [4.78, 5) is 25.4. The van der Waals surface area contributed by atoms with Gasteiger partial charge in [0.25, 0.3) is 7.82 Å². The lowest BCUT2D eigenvalue weighted by Gasteiger charge is -2.29. The monoisotopic (exact) mass is 1030 g/mol. The number of allylic oxidation sites excluding steroid dienone is 21. The lowest BCUT2D eigenvalue weighted by Crippen LogP contribution is -2.45. The van der Waals surface area contributed by atoms with Gasteiger partial charge >= 0.3 is 0 Å². The van der Waals surface area contributed by atoms with Crippen molar-refractivity contribution in [3.8, 4) is 0 Å². The van der Waals surface area contributed by atoms with Crippen LogP contribution < -0.4 is 10.2 Å². The molecule has 0 bridgehead atoms. The number of aliphatic hydroxyl groups excluding tert-OH is 1. The Morgan fingerprint density at radius 1 is 0.493 bits per heavy atom. The van der Waals surface area contributed by atoms with E-state index in [0.717, 1.165) is 103 Å². The molecule has 0 aliphatic heterocycles. The number of likely N-dealkylation sites (N-methyl/N-ethyl adjacent to an activating group) is 1. The zero-order chi connectivity index (χ0) is 53.5. The molecule has 0 aliphatic carbocycles. The summed E-state index contributed by atoms with van der Waals surface area (Å²) >= 11 is 0. The molecule has 0 saturated heterocycles. The van der Waals surface area contributed by atoms with E-state index in [2.05, 4.69) is 141 Å². The normalized spacial score (nSPS) is 14.9. The average molecular weight is 1030 g/mol. The molecule has 0 aromatic heterocycles. The Morgan fingerprint density at radius 3 is 1.27 bits per heavy atom. The van der Waals surface area contributed by atoms with Crippen LogP contribution in [-0.4, -0.2) is 68.5 Å². The summed E-state index contributed by atoms with van der Waals surface area (Å²) < 4.78 is 23.2. The first-order valence-electron chi connectivity index (χ1n) is 29.0. The first-order valence-corrected chi connectivity index (χ1v) is 30.5. The van der Waals surface area contributed by atoms with Crippen LogP contribution in [0.25, 0.3) is 0 Å². The number of carbonyl (C=O) groups excluding carboxylic acids is 1. The molecule has 0 fully saturated rings. The lowest BCUT2D eigenvalue weighted by atomic mass is 10.0. The molecule has 0 aromatic carbocycles. The molecule has 0 heterocycles. The fourth-order valence-corrected chi connectivity index (χ4v) is 8.29. The maximum absolute atomic E-state index is 12.9. The van der Waals surface area contributed by atoms with Crippen LogP contribution in [-0.2, 0) is 18.4 Å². The van der Waals surface area contributed by atoms with Crippen LogP contribution in [0.15, 0.2) is 134 Å². The van der Waals surface area contributed by atoms with Gasteiger partial charge in [-0.25, -0.2) is 0 Å². The number of unbranched alkanes of at least 4 members (excludes halogenated alkanes) is 18. The summed E-state index contributed by atoms with van der Waals surface area (Å²) in [5.41, 5.74) is 0. The summed E-state index contributed by atoms with van der Waals surface area (Å²) in [5.74, 6) is -0.218. The number of nitrogens with one attached hydrogen (secondary N) is 1. The number of aliphatic hydroxyl groups is 1. The quantitative estimate of drug-likeness (QED) is 0.0272. The van der Waals surface area contributed by atoms with Crippen molar-refractivity contribution in [2.45, 2.75) is 225 Å². The zero-order valence-corrected chi connectivity index (χ0v) is 48.2. The van der Waals surface area contributed by atoms with Gasteiger partial charge in [-0.05, 0) is 103 Å². The number of amides is 1. The molecule has 1 amide bonds. The molecule has 73 heavy (non-hydrogen) atoms. The van der Waals surface area contributed by atoms with Crippen molar-refractivity contribution in [3.05, 3.63) is 134 Å². The van der Waals surface area contributed by atoms with Gasteiger partial charge in [0.05, 0.1) is 39.9 Å². The second kappa shape index (κ2) is 53.5. The molecule has 8 nitrogen and oxygen atoms in total. The highest BCUT2D eigenvalue weighted by atomic mass is 31.2. The SMILES string of the molecule is CC/C=C\C/C=C\C/C=C\C/C=C\C/C=C\C/C=C\C/C=C\C/C=C\C/C=C\CCCCCCCCCCCCCC(=O)NC(COP(=O)([O-])OCC[N+](C)(C)C)C(O)/C=C/CC/C=C/CCCCCCCC. The first-order chi connectivity index (χ1) is 35.5. The predicted molar refractivity (Wildman–Crippen MR) is 315 cm³/mol. The molecule has 0 aliphatic rings.